The summed E-state index contributed by atoms with van der Waals surface area (Å²) in [6.45, 7) is -1.02. The number of amides is 2. The summed E-state index contributed by atoms with van der Waals surface area (Å²) in [5.74, 6) is -0.0984. The molecule has 0 saturated carbocycles. The summed E-state index contributed by atoms with van der Waals surface area (Å²) in [7, 11) is -2.80. The van der Waals surface area contributed by atoms with Crippen molar-refractivity contribution in [3.8, 4) is 23.0 Å². The van der Waals surface area contributed by atoms with Gasteiger partial charge in [-0.2, -0.15) is 0 Å². The number of anilines is 2. The Balaban J connectivity index is 1.44. The Hall–Kier alpha value is -5.48. The molecule has 0 aliphatic heterocycles. The van der Waals surface area contributed by atoms with E-state index in [9.17, 15) is 26.4 Å². The number of benzene rings is 4. The van der Waals surface area contributed by atoms with Crippen molar-refractivity contribution in [1.82, 2.24) is 10.6 Å². The van der Waals surface area contributed by atoms with E-state index in [1.807, 2.05) is 0 Å². The summed E-state index contributed by atoms with van der Waals surface area (Å²) in [5, 5.41) is 5.36. The maximum Gasteiger partial charge on any atom is 0.264 e. The Kier molecular flexibility index (Phi) is 13.1. The average molecular weight is 741 g/mol. The van der Waals surface area contributed by atoms with Crippen LogP contribution in [0.3, 0.4) is 0 Å². The third-order valence-electron chi connectivity index (χ3n) is 7.54. The summed E-state index contributed by atoms with van der Waals surface area (Å²) in [6.07, 6.45) is 0.249. The van der Waals surface area contributed by atoms with Crippen LogP contribution in [-0.2, 0) is 29.6 Å². The van der Waals surface area contributed by atoms with Crippen LogP contribution in [0.1, 0.15) is 6.42 Å². The molecule has 0 atom stereocenters. The van der Waals surface area contributed by atoms with Gasteiger partial charge in [0.2, 0.25) is 11.8 Å². The average Bonchev–Trinajstić information content (AvgIpc) is 3.15. The van der Waals surface area contributed by atoms with E-state index >= 15 is 0 Å². The van der Waals surface area contributed by atoms with Gasteiger partial charge in [0.05, 0.1) is 49.6 Å². The SMILES string of the molecule is COc1ccc(OC)c(N(CC(=O)NCCCNC(=O)CN(c2cc(OC)ccc2OC)S(=O)(=O)c2ccccc2)S(=O)(=O)c2ccccc2)c1. The Bertz CT molecular complexity index is 1870. The van der Waals surface area contributed by atoms with Gasteiger partial charge in [-0.3, -0.25) is 18.2 Å². The van der Waals surface area contributed by atoms with Crippen molar-refractivity contribution in [2.24, 2.45) is 0 Å². The Morgan fingerprint density at radius 2 is 0.922 bits per heavy atom. The Labute approximate surface area is 298 Å². The molecule has 2 N–H and O–H groups in total. The standard InChI is InChI=1S/C35H40N4O10S2/c1-46-26-16-18-32(48-3)30(22-26)38(50(42,43)28-12-7-5-8-13-28)24-34(40)36-20-11-21-37-35(41)25-39(51(44,45)29-14-9-6-10-15-29)31-23-27(47-2)17-19-33(31)49-4/h5-10,12-19,22-23H,11,20-21,24-25H2,1-4H3,(H,36,40)(H,37,41). The highest BCUT2D eigenvalue weighted by Gasteiger charge is 2.31. The molecule has 4 rings (SSSR count). The highest BCUT2D eigenvalue weighted by Crippen LogP contribution is 2.37. The molecule has 0 bridgehead atoms. The molecule has 51 heavy (non-hydrogen) atoms. The van der Waals surface area contributed by atoms with E-state index in [1.165, 1.54) is 64.8 Å². The maximum atomic E-state index is 13.8. The number of hydrogen-bond acceptors (Lipinski definition) is 10. The van der Waals surface area contributed by atoms with Gasteiger partial charge in [0, 0.05) is 25.2 Å². The van der Waals surface area contributed by atoms with Gasteiger partial charge in [-0.1, -0.05) is 36.4 Å². The van der Waals surface area contributed by atoms with Crippen molar-refractivity contribution in [1.29, 1.82) is 0 Å². The van der Waals surface area contributed by atoms with Crippen molar-refractivity contribution in [3.05, 3.63) is 97.1 Å². The van der Waals surface area contributed by atoms with Crippen molar-refractivity contribution in [3.63, 3.8) is 0 Å². The van der Waals surface area contributed by atoms with Gasteiger partial charge in [-0.05, 0) is 55.0 Å². The minimum Gasteiger partial charge on any atom is -0.497 e. The van der Waals surface area contributed by atoms with Gasteiger partial charge in [0.15, 0.2) is 0 Å². The molecular formula is C35H40N4O10S2. The lowest BCUT2D eigenvalue weighted by molar-refractivity contribution is -0.119. The molecule has 0 fully saturated rings. The molecule has 0 heterocycles. The molecule has 0 unspecified atom stereocenters. The molecule has 14 nitrogen and oxygen atoms in total. The molecule has 0 aromatic heterocycles. The van der Waals surface area contributed by atoms with Crippen LogP contribution in [0, 0.1) is 0 Å². The van der Waals surface area contributed by atoms with Gasteiger partial charge < -0.3 is 29.6 Å². The Morgan fingerprint density at radius 3 is 1.25 bits per heavy atom. The number of sulfonamides is 2. The first-order valence-corrected chi connectivity index (χ1v) is 18.5. The van der Waals surface area contributed by atoms with Crippen LogP contribution in [0.2, 0.25) is 0 Å². The highest BCUT2D eigenvalue weighted by molar-refractivity contribution is 7.93. The van der Waals surface area contributed by atoms with Gasteiger partial charge >= 0.3 is 0 Å². The van der Waals surface area contributed by atoms with Crippen LogP contribution in [0.5, 0.6) is 23.0 Å². The number of carbonyl (C=O) groups excluding carboxylic acids is 2. The molecule has 4 aromatic rings. The van der Waals surface area contributed by atoms with Crippen molar-refractivity contribution in [2.45, 2.75) is 16.2 Å². The van der Waals surface area contributed by atoms with E-state index < -0.39 is 45.0 Å². The summed E-state index contributed by atoms with van der Waals surface area (Å²) < 4.78 is 78.3. The number of rotatable bonds is 18. The monoisotopic (exact) mass is 740 g/mol. The van der Waals surface area contributed by atoms with Gasteiger partial charge in [0.25, 0.3) is 20.0 Å². The van der Waals surface area contributed by atoms with Gasteiger partial charge in [0.1, 0.15) is 36.1 Å². The molecule has 2 amide bonds. The first-order valence-electron chi connectivity index (χ1n) is 15.6. The van der Waals surface area contributed by atoms with Crippen molar-refractivity contribution >= 4 is 43.2 Å². The summed E-state index contributed by atoms with van der Waals surface area (Å²) in [5.41, 5.74) is 0.205. The minimum absolute atomic E-state index is 0.0275. The molecule has 0 aliphatic carbocycles. The van der Waals surface area contributed by atoms with Crippen molar-refractivity contribution in [2.75, 3.05) is 63.2 Å². The van der Waals surface area contributed by atoms with E-state index in [-0.39, 0.29) is 52.2 Å². The quantitative estimate of drug-likeness (QED) is 0.144. The predicted octanol–water partition coefficient (Wildman–Crippen LogP) is 3.43. The second kappa shape index (κ2) is 17.4. The Morgan fingerprint density at radius 1 is 0.549 bits per heavy atom. The second-order valence-corrected chi connectivity index (χ2v) is 14.5. The number of carbonyl (C=O) groups is 2. The first-order chi connectivity index (χ1) is 24.5. The number of nitrogens with zero attached hydrogens (tertiary/aromatic N) is 2. The first kappa shape index (κ1) is 38.3. The third-order valence-corrected chi connectivity index (χ3v) is 11.1. The lowest BCUT2D eigenvalue weighted by atomic mass is 10.2. The zero-order chi connectivity index (χ0) is 37.0. The molecule has 0 aliphatic rings. The summed E-state index contributed by atoms with van der Waals surface area (Å²) in [6, 6.07) is 24.6. The van der Waals surface area contributed by atoms with Gasteiger partial charge in [-0.15, -0.1) is 0 Å². The molecule has 0 saturated heterocycles. The lowest BCUT2D eigenvalue weighted by Crippen LogP contribution is -2.43. The predicted molar refractivity (Wildman–Crippen MR) is 192 cm³/mol. The van der Waals surface area contributed by atoms with Crippen LogP contribution >= 0.6 is 0 Å². The zero-order valence-corrected chi connectivity index (χ0v) is 30.2. The molecule has 4 aromatic carbocycles. The maximum absolute atomic E-state index is 13.8. The van der Waals surface area contributed by atoms with E-state index in [0.29, 0.717) is 11.5 Å². The van der Waals surface area contributed by atoms with Crippen LogP contribution in [0.25, 0.3) is 0 Å². The third kappa shape index (κ3) is 9.40. The number of methoxy groups -OCH3 is 4. The number of ether oxygens (including phenoxy) is 4. The number of nitrogens with one attached hydrogen (secondary N) is 2. The van der Waals surface area contributed by atoms with Crippen LogP contribution in [0.4, 0.5) is 11.4 Å². The van der Waals surface area contributed by atoms with E-state index in [2.05, 4.69) is 10.6 Å². The summed E-state index contributed by atoms with van der Waals surface area (Å²) in [4.78, 5) is 26.2. The van der Waals surface area contributed by atoms with Crippen LogP contribution in [-0.4, -0.2) is 83.3 Å². The largest absolute Gasteiger partial charge is 0.497 e. The second-order valence-electron chi connectivity index (χ2n) is 10.8. The summed E-state index contributed by atoms with van der Waals surface area (Å²) >= 11 is 0. The smallest absolute Gasteiger partial charge is 0.264 e. The normalized spacial score (nSPS) is 11.2. The van der Waals surface area contributed by atoms with E-state index in [4.69, 9.17) is 18.9 Å². The fourth-order valence-electron chi connectivity index (χ4n) is 4.94. The molecule has 0 spiro atoms. The number of hydrogen-bond donors (Lipinski definition) is 2. The lowest BCUT2D eigenvalue weighted by Gasteiger charge is -2.26. The molecule has 0 radical (unpaired) electrons. The van der Waals surface area contributed by atoms with Crippen LogP contribution in [0.15, 0.2) is 107 Å². The van der Waals surface area contributed by atoms with E-state index in [0.717, 1.165) is 8.61 Å². The molecule has 272 valence electrons. The highest BCUT2D eigenvalue weighted by atomic mass is 32.2. The fourth-order valence-corrected chi connectivity index (χ4v) is 7.83. The van der Waals surface area contributed by atoms with Gasteiger partial charge in [-0.25, -0.2) is 16.8 Å². The van der Waals surface area contributed by atoms with E-state index in [1.54, 1.807) is 60.7 Å². The van der Waals surface area contributed by atoms with Crippen molar-refractivity contribution < 1.29 is 45.4 Å². The van der Waals surface area contributed by atoms with Crippen LogP contribution < -0.4 is 38.2 Å². The molecular weight excluding hydrogens is 701 g/mol. The molecule has 16 heteroatoms. The minimum atomic E-state index is -4.22. The fraction of sp³-hybridized carbons (Fsp3) is 0.257. The topological polar surface area (TPSA) is 170 Å². The zero-order valence-electron chi connectivity index (χ0n) is 28.6.